The van der Waals surface area contributed by atoms with E-state index in [1.807, 2.05) is 0 Å². The van der Waals surface area contributed by atoms with Crippen LogP contribution < -0.4 is 4.72 Å². The minimum Gasteiger partial charge on any atom is -0.245 e. The van der Waals surface area contributed by atoms with Crippen LogP contribution in [0.5, 0.6) is 0 Å². The van der Waals surface area contributed by atoms with Crippen LogP contribution in [0.3, 0.4) is 0 Å². The second-order valence-corrected chi connectivity index (χ2v) is 5.46. The van der Waals surface area contributed by atoms with Crippen LogP contribution in [0.2, 0.25) is 0 Å². The largest absolute Gasteiger partial charge is 0.245 e. The smallest absolute Gasteiger partial charge is 0.240 e. The highest BCUT2D eigenvalue weighted by Crippen LogP contribution is 2.20. The molecule has 0 amide bonds. The Labute approximate surface area is 85.6 Å². The number of hydrogen-bond donors (Lipinski definition) is 1. The normalized spacial score (nSPS) is 12.1. The van der Waals surface area contributed by atoms with Crippen LogP contribution >= 0.6 is 11.3 Å². The molecule has 1 aromatic carbocycles. The highest BCUT2D eigenvalue weighted by atomic mass is 32.2. The van der Waals surface area contributed by atoms with Crippen molar-refractivity contribution in [3.05, 3.63) is 23.7 Å². The molecule has 1 N–H and O–H groups in total. The number of nitrogens with zero attached hydrogens (tertiary/aromatic N) is 1. The van der Waals surface area contributed by atoms with Crippen molar-refractivity contribution in [3.63, 3.8) is 0 Å². The Morgan fingerprint density at radius 1 is 1.43 bits per heavy atom. The van der Waals surface area contributed by atoms with Crippen molar-refractivity contribution in [1.29, 1.82) is 0 Å². The van der Waals surface area contributed by atoms with E-state index in [0.717, 1.165) is 4.70 Å². The number of aromatic nitrogens is 1. The lowest BCUT2D eigenvalue weighted by Crippen LogP contribution is -2.18. The van der Waals surface area contributed by atoms with Gasteiger partial charge in [-0.15, -0.1) is 11.3 Å². The molecule has 0 atom stereocenters. The van der Waals surface area contributed by atoms with E-state index in [-0.39, 0.29) is 4.90 Å². The summed E-state index contributed by atoms with van der Waals surface area (Å²) < 4.78 is 26.1. The summed E-state index contributed by atoms with van der Waals surface area (Å²) in [5.41, 5.74) is 2.41. The minimum absolute atomic E-state index is 0.249. The van der Waals surface area contributed by atoms with Gasteiger partial charge in [-0.3, -0.25) is 0 Å². The van der Waals surface area contributed by atoms with Crippen molar-refractivity contribution in [2.45, 2.75) is 4.90 Å². The van der Waals surface area contributed by atoms with E-state index < -0.39 is 10.0 Å². The molecule has 2 aromatic rings. The van der Waals surface area contributed by atoms with Gasteiger partial charge in [0.1, 0.15) is 0 Å². The molecule has 1 aromatic heterocycles. The van der Waals surface area contributed by atoms with Crippen LogP contribution in [0.25, 0.3) is 10.2 Å². The van der Waals surface area contributed by atoms with E-state index >= 15 is 0 Å². The van der Waals surface area contributed by atoms with Gasteiger partial charge in [0.05, 0.1) is 20.6 Å². The molecule has 0 unspecified atom stereocenters. The summed E-state index contributed by atoms with van der Waals surface area (Å²) in [5.74, 6) is 0. The number of rotatable bonds is 2. The highest BCUT2D eigenvalue weighted by molar-refractivity contribution is 7.89. The van der Waals surface area contributed by atoms with E-state index in [9.17, 15) is 8.42 Å². The van der Waals surface area contributed by atoms with E-state index in [2.05, 4.69) is 9.71 Å². The lowest BCUT2D eigenvalue weighted by molar-refractivity contribution is 0.588. The van der Waals surface area contributed by atoms with Crippen molar-refractivity contribution in [2.24, 2.45) is 0 Å². The third-order valence-corrected chi connectivity index (χ3v) is 4.10. The van der Waals surface area contributed by atoms with Gasteiger partial charge in [0.15, 0.2) is 0 Å². The third kappa shape index (κ3) is 1.52. The van der Waals surface area contributed by atoms with Gasteiger partial charge in [-0.1, -0.05) is 0 Å². The fourth-order valence-electron chi connectivity index (χ4n) is 1.12. The van der Waals surface area contributed by atoms with Crippen LogP contribution in [-0.4, -0.2) is 20.4 Å². The van der Waals surface area contributed by atoms with Crippen molar-refractivity contribution in [2.75, 3.05) is 7.05 Å². The summed E-state index contributed by atoms with van der Waals surface area (Å²) in [7, 11) is -1.96. The Kier molecular flexibility index (Phi) is 2.26. The topological polar surface area (TPSA) is 59.1 Å². The Morgan fingerprint density at radius 3 is 2.93 bits per heavy atom. The molecule has 0 aliphatic rings. The Hall–Kier alpha value is -0.980. The fourth-order valence-corrected chi connectivity index (χ4v) is 2.53. The molecule has 0 saturated carbocycles. The molecule has 0 aliphatic carbocycles. The fraction of sp³-hybridized carbons (Fsp3) is 0.125. The quantitative estimate of drug-likeness (QED) is 0.840. The van der Waals surface area contributed by atoms with E-state index in [0.29, 0.717) is 5.52 Å². The summed E-state index contributed by atoms with van der Waals surface area (Å²) in [4.78, 5) is 4.30. The third-order valence-electron chi connectivity index (χ3n) is 1.88. The number of sulfonamides is 1. The average Bonchev–Trinajstić information content (AvgIpc) is 2.64. The molecule has 6 heteroatoms. The van der Waals surface area contributed by atoms with E-state index in [1.54, 1.807) is 23.7 Å². The molecule has 1 heterocycles. The molecule has 0 radical (unpaired) electrons. The van der Waals surface area contributed by atoms with Crippen molar-refractivity contribution >= 4 is 31.6 Å². The predicted molar refractivity (Wildman–Crippen MR) is 55.9 cm³/mol. The number of nitrogens with one attached hydrogen (secondary N) is 1. The second-order valence-electron chi connectivity index (χ2n) is 2.69. The zero-order chi connectivity index (χ0) is 10.2. The molecule has 0 aliphatic heterocycles. The Morgan fingerprint density at radius 2 is 2.21 bits per heavy atom. The first-order valence-electron chi connectivity index (χ1n) is 3.90. The molecule has 74 valence electrons. The van der Waals surface area contributed by atoms with Crippen LogP contribution in [-0.2, 0) is 10.0 Å². The Balaban J connectivity index is 2.65. The van der Waals surface area contributed by atoms with Crippen LogP contribution in [0.4, 0.5) is 0 Å². The minimum atomic E-state index is -3.35. The number of fused-ring (bicyclic) bond motifs is 1. The first-order chi connectivity index (χ1) is 6.63. The summed E-state index contributed by atoms with van der Waals surface area (Å²) in [6, 6.07) is 4.90. The number of benzene rings is 1. The first kappa shape index (κ1) is 9.57. The molecule has 0 saturated heterocycles. The zero-order valence-electron chi connectivity index (χ0n) is 7.39. The molecular formula is C8H8N2O2S2. The van der Waals surface area contributed by atoms with E-state index in [1.165, 1.54) is 18.4 Å². The SMILES string of the molecule is CNS(=O)(=O)c1ccc2scnc2c1. The zero-order valence-corrected chi connectivity index (χ0v) is 9.02. The lowest BCUT2D eigenvalue weighted by Gasteiger charge is -2.00. The van der Waals surface area contributed by atoms with Crippen LogP contribution in [0.15, 0.2) is 28.6 Å². The summed E-state index contributed by atoms with van der Waals surface area (Å²) >= 11 is 1.49. The maximum absolute atomic E-state index is 11.4. The van der Waals surface area contributed by atoms with Gasteiger partial charge in [-0.25, -0.2) is 18.1 Å². The van der Waals surface area contributed by atoms with Crippen LogP contribution in [0, 0.1) is 0 Å². The van der Waals surface area contributed by atoms with Gasteiger partial charge in [0.2, 0.25) is 10.0 Å². The molecule has 4 nitrogen and oxygen atoms in total. The van der Waals surface area contributed by atoms with E-state index in [4.69, 9.17) is 0 Å². The maximum Gasteiger partial charge on any atom is 0.240 e. The average molecular weight is 228 g/mol. The monoisotopic (exact) mass is 228 g/mol. The molecule has 14 heavy (non-hydrogen) atoms. The maximum atomic E-state index is 11.4. The predicted octanol–water partition coefficient (Wildman–Crippen LogP) is 1.20. The summed E-state index contributed by atoms with van der Waals surface area (Å²) in [5, 5.41) is 0. The van der Waals surface area contributed by atoms with Gasteiger partial charge in [0, 0.05) is 0 Å². The van der Waals surface area contributed by atoms with Gasteiger partial charge in [-0.2, -0.15) is 0 Å². The molecule has 0 bridgehead atoms. The summed E-state index contributed by atoms with van der Waals surface area (Å²) in [6.07, 6.45) is 0. The molecular weight excluding hydrogens is 220 g/mol. The van der Waals surface area contributed by atoms with Gasteiger partial charge < -0.3 is 0 Å². The molecule has 0 spiro atoms. The highest BCUT2D eigenvalue weighted by Gasteiger charge is 2.11. The second kappa shape index (κ2) is 3.30. The van der Waals surface area contributed by atoms with Crippen molar-refractivity contribution in [3.8, 4) is 0 Å². The number of thiazole rings is 1. The van der Waals surface area contributed by atoms with Gasteiger partial charge >= 0.3 is 0 Å². The summed E-state index contributed by atoms with van der Waals surface area (Å²) in [6.45, 7) is 0. The number of hydrogen-bond acceptors (Lipinski definition) is 4. The first-order valence-corrected chi connectivity index (χ1v) is 6.26. The van der Waals surface area contributed by atoms with Crippen molar-refractivity contribution < 1.29 is 8.42 Å². The van der Waals surface area contributed by atoms with Crippen LogP contribution in [0.1, 0.15) is 0 Å². The van der Waals surface area contributed by atoms with Crippen molar-refractivity contribution in [1.82, 2.24) is 9.71 Å². The van der Waals surface area contributed by atoms with Gasteiger partial charge in [0.25, 0.3) is 0 Å². The lowest BCUT2D eigenvalue weighted by atomic mass is 10.3. The van der Waals surface area contributed by atoms with Gasteiger partial charge in [-0.05, 0) is 25.2 Å². The molecule has 2 rings (SSSR count). The standard InChI is InChI=1S/C8H8N2O2S2/c1-9-14(11,12)6-2-3-8-7(4-6)10-5-13-8/h2-5,9H,1H3. The molecule has 0 fully saturated rings. The Bertz CT molecular complexity index is 559.